The molecule has 2 heterocycles. The number of carboxylic acid groups (broad SMARTS) is 1. The molecule has 0 unspecified atom stereocenters. The number of nitrogens with zero attached hydrogens (tertiary/aromatic N) is 2. The SMILES string of the molecule is CCCc1nc(CN2CCCCCC2)sc1CCC(=O)O. The Morgan fingerprint density at radius 1 is 1.24 bits per heavy atom. The number of rotatable bonds is 7. The van der Waals surface area contributed by atoms with Crippen LogP contribution >= 0.6 is 11.3 Å². The second-order valence-electron chi connectivity index (χ2n) is 5.81. The molecule has 1 aliphatic heterocycles. The first-order valence-electron chi connectivity index (χ1n) is 8.10. The van der Waals surface area contributed by atoms with Gasteiger partial charge in [-0.15, -0.1) is 11.3 Å². The van der Waals surface area contributed by atoms with Gasteiger partial charge in [0.1, 0.15) is 5.01 Å². The highest BCUT2D eigenvalue weighted by Gasteiger charge is 2.15. The van der Waals surface area contributed by atoms with Crippen LogP contribution in [0.5, 0.6) is 0 Å². The summed E-state index contributed by atoms with van der Waals surface area (Å²) in [6.45, 7) is 5.43. The molecule has 0 aromatic carbocycles. The van der Waals surface area contributed by atoms with Crippen LogP contribution in [0, 0.1) is 0 Å². The molecule has 1 aliphatic rings. The number of aryl methyl sites for hydroxylation is 2. The Labute approximate surface area is 131 Å². The topological polar surface area (TPSA) is 53.4 Å². The highest BCUT2D eigenvalue weighted by atomic mass is 32.1. The lowest BCUT2D eigenvalue weighted by Crippen LogP contribution is -2.23. The van der Waals surface area contributed by atoms with Gasteiger partial charge in [0.05, 0.1) is 18.7 Å². The van der Waals surface area contributed by atoms with Crippen LogP contribution in [0.4, 0.5) is 0 Å². The third-order valence-corrected chi connectivity index (χ3v) is 5.07. The molecule has 0 radical (unpaired) electrons. The lowest BCUT2D eigenvalue weighted by atomic mass is 10.2. The van der Waals surface area contributed by atoms with Crippen molar-refractivity contribution in [2.45, 2.75) is 64.8 Å². The van der Waals surface area contributed by atoms with Crippen LogP contribution in [0.25, 0.3) is 0 Å². The number of hydrogen-bond acceptors (Lipinski definition) is 4. The van der Waals surface area contributed by atoms with E-state index in [0.717, 1.165) is 25.1 Å². The van der Waals surface area contributed by atoms with Crippen molar-refractivity contribution in [3.63, 3.8) is 0 Å². The van der Waals surface area contributed by atoms with Crippen molar-refractivity contribution in [3.8, 4) is 0 Å². The van der Waals surface area contributed by atoms with Crippen molar-refractivity contribution >= 4 is 17.3 Å². The maximum atomic E-state index is 10.8. The van der Waals surface area contributed by atoms with E-state index in [4.69, 9.17) is 10.1 Å². The van der Waals surface area contributed by atoms with Gasteiger partial charge in [0.15, 0.2) is 0 Å². The van der Waals surface area contributed by atoms with Crippen molar-refractivity contribution in [1.82, 2.24) is 9.88 Å². The van der Waals surface area contributed by atoms with Gasteiger partial charge in [0, 0.05) is 4.88 Å². The van der Waals surface area contributed by atoms with Gasteiger partial charge >= 0.3 is 5.97 Å². The van der Waals surface area contributed by atoms with E-state index in [1.165, 1.54) is 48.7 Å². The van der Waals surface area contributed by atoms with Crippen LogP contribution in [-0.2, 0) is 24.2 Å². The molecular weight excluding hydrogens is 284 g/mol. The summed E-state index contributed by atoms with van der Waals surface area (Å²) in [6, 6.07) is 0. The van der Waals surface area contributed by atoms with Crippen LogP contribution in [0.3, 0.4) is 0 Å². The molecule has 1 aromatic rings. The zero-order valence-electron chi connectivity index (χ0n) is 12.9. The summed E-state index contributed by atoms with van der Waals surface area (Å²) in [6.07, 6.45) is 8.14. The molecule has 0 aliphatic carbocycles. The van der Waals surface area contributed by atoms with E-state index in [1.54, 1.807) is 11.3 Å². The molecule has 1 aromatic heterocycles. The van der Waals surface area contributed by atoms with Gasteiger partial charge in [-0.2, -0.15) is 0 Å². The average Bonchev–Trinajstić information content (AvgIpc) is 2.65. The highest BCUT2D eigenvalue weighted by Crippen LogP contribution is 2.24. The fourth-order valence-electron chi connectivity index (χ4n) is 2.84. The third-order valence-electron chi connectivity index (χ3n) is 3.93. The number of aromatic nitrogens is 1. The van der Waals surface area contributed by atoms with Gasteiger partial charge in [0.25, 0.3) is 0 Å². The Kier molecular flexibility index (Phi) is 6.64. The zero-order chi connectivity index (χ0) is 15.1. The lowest BCUT2D eigenvalue weighted by Gasteiger charge is -2.17. The Morgan fingerprint density at radius 2 is 1.95 bits per heavy atom. The van der Waals surface area contributed by atoms with Crippen LogP contribution in [0.1, 0.15) is 61.0 Å². The Morgan fingerprint density at radius 3 is 2.57 bits per heavy atom. The maximum absolute atomic E-state index is 10.8. The molecule has 0 amide bonds. The average molecular weight is 310 g/mol. The third kappa shape index (κ3) is 5.40. The molecule has 4 nitrogen and oxygen atoms in total. The molecule has 0 atom stereocenters. The number of carbonyl (C=O) groups is 1. The minimum absolute atomic E-state index is 0.210. The normalized spacial score (nSPS) is 16.8. The Balaban J connectivity index is 2.01. The number of aliphatic carboxylic acids is 1. The summed E-state index contributed by atoms with van der Waals surface area (Å²) < 4.78 is 0. The standard InChI is InChI=1S/C16H26N2O2S/c1-2-7-13-14(8-9-16(19)20)21-15(17-13)12-18-10-5-3-4-6-11-18/h2-12H2,1H3,(H,19,20). The van der Waals surface area contributed by atoms with Crippen LogP contribution in [-0.4, -0.2) is 34.0 Å². The van der Waals surface area contributed by atoms with Gasteiger partial charge < -0.3 is 5.11 Å². The monoisotopic (exact) mass is 310 g/mol. The van der Waals surface area contributed by atoms with E-state index in [9.17, 15) is 4.79 Å². The van der Waals surface area contributed by atoms with Gasteiger partial charge in [-0.05, 0) is 38.8 Å². The van der Waals surface area contributed by atoms with E-state index in [-0.39, 0.29) is 6.42 Å². The van der Waals surface area contributed by atoms with Crippen molar-refractivity contribution < 1.29 is 9.90 Å². The second kappa shape index (κ2) is 8.49. The molecule has 1 saturated heterocycles. The Hall–Kier alpha value is -0.940. The van der Waals surface area contributed by atoms with Crippen LogP contribution in [0.15, 0.2) is 0 Å². The highest BCUT2D eigenvalue weighted by molar-refractivity contribution is 7.11. The van der Waals surface area contributed by atoms with Crippen LogP contribution < -0.4 is 0 Å². The summed E-state index contributed by atoms with van der Waals surface area (Å²) in [4.78, 5) is 19.3. The fraction of sp³-hybridized carbons (Fsp3) is 0.750. The zero-order valence-corrected chi connectivity index (χ0v) is 13.8. The quantitative estimate of drug-likeness (QED) is 0.837. The van der Waals surface area contributed by atoms with Crippen LogP contribution in [0.2, 0.25) is 0 Å². The molecule has 0 bridgehead atoms. The summed E-state index contributed by atoms with van der Waals surface area (Å²) in [5.74, 6) is -0.722. The predicted molar refractivity (Wildman–Crippen MR) is 85.8 cm³/mol. The Bertz CT molecular complexity index is 451. The molecule has 21 heavy (non-hydrogen) atoms. The van der Waals surface area contributed by atoms with Crippen molar-refractivity contribution in [2.75, 3.05) is 13.1 Å². The number of likely N-dealkylation sites (tertiary alicyclic amines) is 1. The first-order valence-corrected chi connectivity index (χ1v) is 8.92. The van der Waals surface area contributed by atoms with E-state index in [2.05, 4.69) is 11.8 Å². The number of hydrogen-bond donors (Lipinski definition) is 1. The smallest absolute Gasteiger partial charge is 0.303 e. The second-order valence-corrected chi connectivity index (χ2v) is 6.98. The fourth-order valence-corrected chi connectivity index (χ4v) is 3.99. The van der Waals surface area contributed by atoms with E-state index >= 15 is 0 Å². The van der Waals surface area contributed by atoms with Crippen molar-refractivity contribution in [2.24, 2.45) is 0 Å². The summed E-state index contributed by atoms with van der Waals surface area (Å²) >= 11 is 1.73. The predicted octanol–water partition coefficient (Wildman–Crippen LogP) is 3.49. The van der Waals surface area contributed by atoms with Gasteiger partial charge in [-0.1, -0.05) is 26.2 Å². The molecular formula is C16H26N2O2S. The molecule has 1 fully saturated rings. The van der Waals surface area contributed by atoms with Gasteiger partial charge in [-0.25, -0.2) is 4.98 Å². The van der Waals surface area contributed by atoms with Gasteiger partial charge in [-0.3, -0.25) is 9.69 Å². The first kappa shape index (κ1) is 16.4. The molecule has 0 spiro atoms. The van der Waals surface area contributed by atoms with E-state index in [0.29, 0.717) is 6.42 Å². The minimum atomic E-state index is -0.722. The van der Waals surface area contributed by atoms with Gasteiger partial charge in [0.2, 0.25) is 0 Å². The summed E-state index contributed by atoms with van der Waals surface area (Å²) in [7, 11) is 0. The largest absolute Gasteiger partial charge is 0.481 e. The molecule has 118 valence electrons. The maximum Gasteiger partial charge on any atom is 0.303 e. The number of carboxylic acids is 1. The van der Waals surface area contributed by atoms with E-state index in [1.807, 2.05) is 0 Å². The molecule has 2 rings (SSSR count). The lowest BCUT2D eigenvalue weighted by molar-refractivity contribution is -0.136. The van der Waals surface area contributed by atoms with Crippen molar-refractivity contribution in [1.29, 1.82) is 0 Å². The molecule has 1 N–H and O–H groups in total. The molecule has 5 heteroatoms. The van der Waals surface area contributed by atoms with E-state index < -0.39 is 5.97 Å². The minimum Gasteiger partial charge on any atom is -0.481 e. The van der Waals surface area contributed by atoms with Crippen molar-refractivity contribution in [3.05, 3.63) is 15.6 Å². The first-order chi connectivity index (χ1) is 10.2. The summed E-state index contributed by atoms with van der Waals surface area (Å²) in [5, 5.41) is 10.0. The summed E-state index contributed by atoms with van der Waals surface area (Å²) in [5.41, 5.74) is 1.13. The molecule has 0 saturated carbocycles. The number of thiazole rings is 1.